The van der Waals surface area contributed by atoms with E-state index in [1.807, 2.05) is 26.0 Å². The molecule has 0 aliphatic heterocycles. The van der Waals surface area contributed by atoms with Crippen LogP contribution in [0, 0.1) is 11.3 Å². The van der Waals surface area contributed by atoms with Crippen molar-refractivity contribution in [3.63, 3.8) is 0 Å². The molecule has 0 spiro atoms. The van der Waals surface area contributed by atoms with E-state index in [1.54, 1.807) is 11.3 Å². The Morgan fingerprint density at radius 3 is 2.83 bits per heavy atom. The number of aryl methyl sites for hydroxylation is 1. The quantitative estimate of drug-likeness (QED) is 0.853. The molecule has 0 bridgehead atoms. The number of aromatic nitrogens is 2. The van der Waals surface area contributed by atoms with Gasteiger partial charge in [-0.3, -0.25) is 9.36 Å². The van der Waals surface area contributed by atoms with Crippen LogP contribution in [0.4, 0.5) is 0 Å². The van der Waals surface area contributed by atoms with E-state index in [0.717, 1.165) is 16.1 Å². The van der Waals surface area contributed by atoms with Crippen molar-refractivity contribution in [2.45, 2.75) is 39.7 Å². The number of nitriles is 1. The number of hydrogen-bond acceptors (Lipinski definition) is 4. The maximum absolute atomic E-state index is 12.4. The lowest BCUT2D eigenvalue weighted by molar-refractivity contribution is 0.648. The van der Waals surface area contributed by atoms with E-state index in [1.165, 1.54) is 4.57 Å². The third-order valence-corrected chi connectivity index (χ3v) is 4.00. The molecule has 0 aliphatic rings. The fraction of sp³-hybridized carbons (Fsp3) is 0.462. The molecule has 18 heavy (non-hydrogen) atoms. The molecule has 94 valence electrons. The van der Waals surface area contributed by atoms with Crippen molar-refractivity contribution in [1.82, 2.24) is 9.55 Å². The Bertz CT molecular complexity index is 676. The molecule has 2 aromatic heterocycles. The number of fused-ring (bicyclic) bond motifs is 1. The molecule has 2 heterocycles. The maximum atomic E-state index is 12.4. The molecular weight excluding hydrogens is 246 g/mol. The first-order chi connectivity index (χ1) is 8.58. The molecule has 0 radical (unpaired) electrons. The van der Waals surface area contributed by atoms with Crippen molar-refractivity contribution < 1.29 is 0 Å². The van der Waals surface area contributed by atoms with Crippen LogP contribution in [-0.4, -0.2) is 9.55 Å². The first-order valence-corrected chi connectivity index (χ1v) is 6.80. The fourth-order valence-electron chi connectivity index (χ4n) is 1.92. The van der Waals surface area contributed by atoms with Gasteiger partial charge in [-0.1, -0.05) is 20.8 Å². The molecular formula is C13H15N3OS. The van der Waals surface area contributed by atoms with Gasteiger partial charge in [-0.05, 0) is 12.5 Å². The van der Waals surface area contributed by atoms with Crippen LogP contribution >= 0.6 is 11.3 Å². The third-order valence-electron chi connectivity index (χ3n) is 2.83. The smallest absolute Gasteiger partial charge is 0.263 e. The van der Waals surface area contributed by atoms with Crippen LogP contribution in [0.1, 0.15) is 37.4 Å². The number of nitrogens with zero attached hydrogens (tertiary/aromatic N) is 3. The molecule has 0 fully saturated rings. The zero-order valence-electron chi connectivity index (χ0n) is 10.7. The van der Waals surface area contributed by atoms with Gasteiger partial charge in [0.2, 0.25) is 0 Å². The highest BCUT2D eigenvalue weighted by atomic mass is 32.1. The van der Waals surface area contributed by atoms with E-state index in [-0.39, 0.29) is 18.0 Å². The van der Waals surface area contributed by atoms with E-state index in [4.69, 9.17) is 5.26 Å². The average Bonchev–Trinajstić information content (AvgIpc) is 2.75. The molecule has 0 atom stereocenters. The number of thiophene rings is 1. The molecule has 0 saturated heterocycles. The molecule has 0 N–H and O–H groups in total. The van der Waals surface area contributed by atoms with Gasteiger partial charge in [0.15, 0.2) is 0 Å². The largest absolute Gasteiger partial charge is 0.282 e. The Morgan fingerprint density at radius 1 is 1.56 bits per heavy atom. The van der Waals surface area contributed by atoms with Crippen LogP contribution in [0.15, 0.2) is 10.9 Å². The standard InChI is InChI=1S/C13H15N3OS/c1-4-9-7-10-12(18-9)15-11(8(2)3)16(6-5-14)13(10)17/h7-8H,4,6H2,1-3H3. The lowest BCUT2D eigenvalue weighted by atomic mass is 10.2. The SMILES string of the molecule is CCc1cc2c(=O)n(CC#N)c(C(C)C)nc2s1. The molecule has 5 heteroatoms. The Labute approximate surface area is 110 Å². The zero-order valence-corrected chi connectivity index (χ0v) is 11.5. The summed E-state index contributed by atoms with van der Waals surface area (Å²) in [7, 11) is 0. The van der Waals surface area contributed by atoms with Crippen LogP contribution in [0.2, 0.25) is 0 Å². The molecule has 2 rings (SSSR count). The Kier molecular flexibility index (Phi) is 3.48. The molecule has 0 saturated carbocycles. The van der Waals surface area contributed by atoms with Gasteiger partial charge in [-0.2, -0.15) is 5.26 Å². The van der Waals surface area contributed by atoms with Crippen LogP contribution in [-0.2, 0) is 13.0 Å². The molecule has 0 unspecified atom stereocenters. The van der Waals surface area contributed by atoms with Gasteiger partial charge in [0.25, 0.3) is 5.56 Å². The Hall–Kier alpha value is -1.67. The van der Waals surface area contributed by atoms with Gasteiger partial charge in [-0.25, -0.2) is 4.98 Å². The predicted octanol–water partition coefficient (Wildman–Crippen LogP) is 2.67. The monoisotopic (exact) mass is 261 g/mol. The second-order valence-electron chi connectivity index (χ2n) is 4.46. The second-order valence-corrected chi connectivity index (χ2v) is 5.57. The molecule has 0 amide bonds. The minimum Gasteiger partial charge on any atom is -0.282 e. The van der Waals surface area contributed by atoms with Crippen LogP contribution in [0.3, 0.4) is 0 Å². The highest BCUT2D eigenvalue weighted by Gasteiger charge is 2.15. The van der Waals surface area contributed by atoms with Crippen molar-refractivity contribution in [3.8, 4) is 6.07 Å². The van der Waals surface area contributed by atoms with E-state index >= 15 is 0 Å². The Morgan fingerprint density at radius 2 is 2.28 bits per heavy atom. The van der Waals surface area contributed by atoms with Crippen LogP contribution in [0.25, 0.3) is 10.2 Å². The zero-order chi connectivity index (χ0) is 13.3. The summed E-state index contributed by atoms with van der Waals surface area (Å²) in [5.41, 5.74) is -0.0961. The summed E-state index contributed by atoms with van der Waals surface area (Å²) in [6.45, 7) is 6.08. The van der Waals surface area contributed by atoms with E-state index < -0.39 is 0 Å². The van der Waals surface area contributed by atoms with Gasteiger partial charge in [0, 0.05) is 10.8 Å². The van der Waals surface area contributed by atoms with Gasteiger partial charge in [0.1, 0.15) is 17.2 Å². The second kappa shape index (κ2) is 4.91. The third kappa shape index (κ3) is 2.04. The average molecular weight is 261 g/mol. The molecule has 2 aromatic rings. The topological polar surface area (TPSA) is 58.7 Å². The summed E-state index contributed by atoms with van der Waals surface area (Å²) in [5.74, 6) is 0.821. The summed E-state index contributed by atoms with van der Waals surface area (Å²) in [4.78, 5) is 18.8. The highest BCUT2D eigenvalue weighted by molar-refractivity contribution is 7.18. The summed E-state index contributed by atoms with van der Waals surface area (Å²) < 4.78 is 1.49. The van der Waals surface area contributed by atoms with Gasteiger partial charge in [-0.15, -0.1) is 11.3 Å². The van der Waals surface area contributed by atoms with Crippen molar-refractivity contribution >= 4 is 21.6 Å². The first-order valence-electron chi connectivity index (χ1n) is 5.98. The molecule has 4 nitrogen and oxygen atoms in total. The lowest BCUT2D eigenvalue weighted by Gasteiger charge is -2.11. The Balaban J connectivity index is 2.79. The highest BCUT2D eigenvalue weighted by Crippen LogP contribution is 2.23. The normalized spacial score (nSPS) is 11.1. The lowest BCUT2D eigenvalue weighted by Crippen LogP contribution is -2.25. The van der Waals surface area contributed by atoms with Crippen molar-refractivity contribution in [2.24, 2.45) is 0 Å². The van der Waals surface area contributed by atoms with E-state index in [0.29, 0.717) is 11.2 Å². The first kappa shape index (κ1) is 12.8. The fourth-order valence-corrected chi connectivity index (χ4v) is 2.88. The van der Waals surface area contributed by atoms with Crippen LogP contribution in [0.5, 0.6) is 0 Å². The maximum Gasteiger partial charge on any atom is 0.263 e. The minimum absolute atomic E-state index is 0.0621. The van der Waals surface area contributed by atoms with Crippen molar-refractivity contribution in [1.29, 1.82) is 5.26 Å². The van der Waals surface area contributed by atoms with E-state index in [2.05, 4.69) is 11.9 Å². The minimum atomic E-state index is -0.0961. The van der Waals surface area contributed by atoms with Gasteiger partial charge in [0.05, 0.1) is 11.5 Å². The molecule has 0 aliphatic carbocycles. The van der Waals surface area contributed by atoms with Gasteiger partial charge >= 0.3 is 0 Å². The predicted molar refractivity (Wildman–Crippen MR) is 73.0 cm³/mol. The van der Waals surface area contributed by atoms with Crippen molar-refractivity contribution in [3.05, 3.63) is 27.1 Å². The van der Waals surface area contributed by atoms with Crippen molar-refractivity contribution in [2.75, 3.05) is 0 Å². The summed E-state index contributed by atoms with van der Waals surface area (Å²) in [5, 5.41) is 9.47. The summed E-state index contributed by atoms with van der Waals surface area (Å²) >= 11 is 1.56. The van der Waals surface area contributed by atoms with Crippen LogP contribution < -0.4 is 5.56 Å². The molecule has 0 aromatic carbocycles. The summed E-state index contributed by atoms with van der Waals surface area (Å²) in [6, 6.07) is 3.93. The number of hydrogen-bond donors (Lipinski definition) is 0. The number of rotatable bonds is 3. The van der Waals surface area contributed by atoms with E-state index in [9.17, 15) is 4.79 Å². The van der Waals surface area contributed by atoms with Gasteiger partial charge < -0.3 is 0 Å². The summed E-state index contributed by atoms with van der Waals surface area (Å²) in [6.07, 6.45) is 0.899.